The van der Waals surface area contributed by atoms with Crippen molar-refractivity contribution in [3.8, 4) is 0 Å². The van der Waals surface area contributed by atoms with Gasteiger partial charge in [-0.3, -0.25) is 14.6 Å². The summed E-state index contributed by atoms with van der Waals surface area (Å²) >= 11 is 0. The van der Waals surface area contributed by atoms with E-state index in [1.165, 1.54) is 0 Å². The zero-order valence-corrected chi connectivity index (χ0v) is 13.4. The van der Waals surface area contributed by atoms with E-state index in [4.69, 9.17) is 0 Å². The zero-order chi connectivity index (χ0) is 16.8. The Kier molecular flexibility index (Phi) is 5.18. The quantitative estimate of drug-likeness (QED) is 0.882. The molecule has 1 aromatic carbocycles. The van der Waals surface area contributed by atoms with Gasteiger partial charge in [0.2, 0.25) is 0 Å². The van der Waals surface area contributed by atoms with Crippen molar-refractivity contribution < 1.29 is 9.59 Å². The van der Waals surface area contributed by atoms with Gasteiger partial charge in [0.05, 0.1) is 0 Å². The van der Waals surface area contributed by atoms with Gasteiger partial charge in [0, 0.05) is 56.2 Å². The summed E-state index contributed by atoms with van der Waals surface area (Å²) < 4.78 is 0. The van der Waals surface area contributed by atoms with Crippen molar-refractivity contribution in [2.24, 2.45) is 0 Å². The fourth-order valence-corrected chi connectivity index (χ4v) is 2.60. The first kappa shape index (κ1) is 16.1. The summed E-state index contributed by atoms with van der Waals surface area (Å²) in [5.74, 6) is -0.0813. The van der Waals surface area contributed by atoms with Crippen LogP contribution in [-0.4, -0.2) is 47.9 Å². The Hall–Kier alpha value is -2.73. The third-order valence-electron chi connectivity index (χ3n) is 4.00. The molecule has 2 heterocycles. The maximum absolute atomic E-state index is 12.4. The van der Waals surface area contributed by atoms with E-state index in [0.29, 0.717) is 17.7 Å². The Morgan fingerprint density at radius 1 is 1.00 bits per heavy atom. The monoisotopic (exact) mass is 324 g/mol. The summed E-state index contributed by atoms with van der Waals surface area (Å²) in [6.07, 6.45) is 3.18. The molecule has 2 aromatic rings. The first-order valence-corrected chi connectivity index (χ1v) is 8.01. The van der Waals surface area contributed by atoms with E-state index in [1.54, 1.807) is 24.5 Å². The Balaban J connectivity index is 1.56. The van der Waals surface area contributed by atoms with Crippen LogP contribution >= 0.6 is 0 Å². The number of carbonyl (C=O) groups excluding carboxylic acids is 2. The molecular weight excluding hydrogens is 304 g/mol. The largest absolute Gasteiger partial charge is 0.348 e. The van der Waals surface area contributed by atoms with Crippen LogP contribution in [0.15, 0.2) is 48.8 Å². The van der Waals surface area contributed by atoms with Crippen LogP contribution in [0.3, 0.4) is 0 Å². The molecule has 1 aliphatic heterocycles. The lowest BCUT2D eigenvalue weighted by molar-refractivity contribution is 0.0735. The number of aromatic nitrogens is 1. The number of pyridine rings is 1. The lowest BCUT2D eigenvalue weighted by Crippen LogP contribution is -2.46. The van der Waals surface area contributed by atoms with E-state index >= 15 is 0 Å². The van der Waals surface area contributed by atoms with E-state index in [2.05, 4.69) is 15.6 Å². The number of nitrogens with zero attached hydrogens (tertiary/aromatic N) is 2. The van der Waals surface area contributed by atoms with Crippen molar-refractivity contribution in [1.82, 2.24) is 20.5 Å². The number of benzene rings is 1. The predicted octanol–water partition coefficient (Wildman–Crippen LogP) is 1.06. The molecule has 0 radical (unpaired) electrons. The number of amides is 2. The molecule has 6 nitrogen and oxygen atoms in total. The molecule has 1 fully saturated rings. The van der Waals surface area contributed by atoms with E-state index in [1.807, 2.05) is 29.2 Å². The molecule has 0 atom stereocenters. The van der Waals surface area contributed by atoms with Gasteiger partial charge in [-0.05, 0) is 29.8 Å². The first-order chi connectivity index (χ1) is 11.7. The van der Waals surface area contributed by atoms with Gasteiger partial charge in [-0.2, -0.15) is 0 Å². The summed E-state index contributed by atoms with van der Waals surface area (Å²) in [6, 6.07) is 10.7. The summed E-state index contributed by atoms with van der Waals surface area (Å²) in [7, 11) is 0. The van der Waals surface area contributed by atoms with Gasteiger partial charge >= 0.3 is 0 Å². The molecular formula is C18H20N4O2. The van der Waals surface area contributed by atoms with Crippen molar-refractivity contribution in [1.29, 1.82) is 0 Å². The van der Waals surface area contributed by atoms with Gasteiger partial charge in [0.1, 0.15) is 0 Å². The third-order valence-corrected chi connectivity index (χ3v) is 4.00. The van der Waals surface area contributed by atoms with Crippen molar-refractivity contribution in [2.45, 2.75) is 6.54 Å². The summed E-state index contributed by atoms with van der Waals surface area (Å²) in [6.45, 7) is 3.57. The molecule has 1 aliphatic rings. The van der Waals surface area contributed by atoms with E-state index < -0.39 is 0 Å². The number of carbonyl (C=O) groups is 2. The Morgan fingerprint density at radius 2 is 1.67 bits per heavy atom. The molecule has 6 heteroatoms. The van der Waals surface area contributed by atoms with Gasteiger partial charge in [0.25, 0.3) is 11.8 Å². The Bertz CT molecular complexity index is 695. The minimum absolute atomic E-state index is 0.0591. The molecule has 0 bridgehead atoms. The van der Waals surface area contributed by atoms with Gasteiger partial charge in [-0.25, -0.2) is 0 Å². The average molecular weight is 324 g/mol. The predicted molar refractivity (Wildman–Crippen MR) is 90.6 cm³/mol. The number of hydrogen-bond acceptors (Lipinski definition) is 4. The van der Waals surface area contributed by atoms with Crippen molar-refractivity contribution in [2.75, 3.05) is 26.2 Å². The van der Waals surface area contributed by atoms with Crippen molar-refractivity contribution >= 4 is 11.8 Å². The van der Waals surface area contributed by atoms with Gasteiger partial charge in [-0.15, -0.1) is 0 Å². The Labute approximate surface area is 140 Å². The Morgan fingerprint density at radius 3 is 2.33 bits per heavy atom. The standard InChI is InChI=1S/C18H20N4O2/c23-17(15-5-7-19-8-6-15)21-13-14-1-3-16(4-2-14)18(24)22-11-9-20-10-12-22/h1-8,20H,9-13H2,(H,21,23). The second kappa shape index (κ2) is 7.70. The third kappa shape index (κ3) is 3.97. The summed E-state index contributed by atoms with van der Waals surface area (Å²) in [4.78, 5) is 30.1. The number of piperazine rings is 1. The van der Waals surface area contributed by atoms with Gasteiger partial charge < -0.3 is 15.5 Å². The van der Waals surface area contributed by atoms with Crippen LogP contribution in [0.5, 0.6) is 0 Å². The smallest absolute Gasteiger partial charge is 0.253 e. The molecule has 1 aromatic heterocycles. The molecule has 3 rings (SSSR count). The van der Waals surface area contributed by atoms with Crippen LogP contribution in [-0.2, 0) is 6.54 Å². The second-order valence-electron chi connectivity index (χ2n) is 5.66. The van der Waals surface area contributed by atoms with Crippen molar-refractivity contribution in [3.05, 3.63) is 65.5 Å². The highest BCUT2D eigenvalue weighted by Gasteiger charge is 2.17. The molecule has 0 aliphatic carbocycles. The minimum atomic E-state index is -0.140. The first-order valence-electron chi connectivity index (χ1n) is 8.01. The maximum Gasteiger partial charge on any atom is 0.253 e. The molecule has 24 heavy (non-hydrogen) atoms. The van der Waals surface area contributed by atoms with Crippen LogP contribution in [0.1, 0.15) is 26.3 Å². The highest BCUT2D eigenvalue weighted by molar-refractivity contribution is 5.95. The van der Waals surface area contributed by atoms with E-state index in [0.717, 1.165) is 31.7 Å². The van der Waals surface area contributed by atoms with E-state index in [-0.39, 0.29) is 11.8 Å². The summed E-state index contributed by atoms with van der Waals surface area (Å²) in [5, 5.41) is 6.09. The van der Waals surface area contributed by atoms with Crippen LogP contribution in [0, 0.1) is 0 Å². The lowest BCUT2D eigenvalue weighted by Gasteiger charge is -2.27. The van der Waals surface area contributed by atoms with Crippen LogP contribution in [0.25, 0.3) is 0 Å². The lowest BCUT2D eigenvalue weighted by atomic mass is 10.1. The zero-order valence-electron chi connectivity index (χ0n) is 13.4. The molecule has 2 amide bonds. The van der Waals surface area contributed by atoms with Crippen molar-refractivity contribution in [3.63, 3.8) is 0 Å². The minimum Gasteiger partial charge on any atom is -0.348 e. The SMILES string of the molecule is O=C(NCc1ccc(C(=O)N2CCNCC2)cc1)c1ccncc1. The topological polar surface area (TPSA) is 74.3 Å². The van der Waals surface area contributed by atoms with Gasteiger partial charge in [0.15, 0.2) is 0 Å². The number of nitrogens with one attached hydrogen (secondary N) is 2. The maximum atomic E-state index is 12.4. The fourth-order valence-electron chi connectivity index (χ4n) is 2.60. The molecule has 124 valence electrons. The molecule has 0 unspecified atom stereocenters. The molecule has 0 saturated carbocycles. The molecule has 2 N–H and O–H groups in total. The average Bonchev–Trinajstić information content (AvgIpc) is 2.67. The summed E-state index contributed by atoms with van der Waals surface area (Å²) in [5.41, 5.74) is 2.21. The van der Waals surface area contributed by atoms with Gasteiger partial charge in [-0.1, -0.05) is 12.1 Å². The van der Waals surface area contributed by atoms with Crippen LogP contribution < -0.4 is 10.6 Å². The normalized spacial score (nSPS) is 14.2. The molecule has 1 saturated heterocycles. The van der Waals surface area contributed by atoms with E-state index in [9.17, 15) is 9.59 Å². The van der Waals surface area contributed by atoms with Crippen LogP contribution in [0.4, 0.5) is 0 Å². The number of rotatable bonds is 4. The fraction of sp³-hybridized carbons (Fsp3) is 0.278. The number of hydrogen-bond donors (Lipinski definition) is 2. The highest BCUT2D eigenvalue weighted by Crippen LogP contribution is 2.09. The highest BCUT2D eigenvalue weighted by atomic mass is 16.2. The second-order valence-corrected chi connectivity index (χ2v) is 5.66. The molecule has 0 spiro atoms. The van der Waals surface area contributed by atoms with Crippen LogP contribution in [0.2, 0.25) is 0 Å².